The zero-order chi connectivity index (χ0) is 29.6. The summed E-state index contributed by atoms with van der Waals surface area (Å²) >= 11 is 0. The highest BCUT2D eigenvalue weighted by atomic mass is 16.3. The van der Waals surface area contributed by atoms with E-state index in [4.69, 9.17) is 0 Å². The summed E-state index contributed by atoms with van der Waals surface area (Å²) in [6.07, 6.45) is 1.06. The van der Waals surface area contributed by atoms with Crippen molar-refractivity contribution in [2.75, 3.05) is 37.5 Å². The van der Waals surface area contributed by atoms with E-state index < -0.39 is 12.5 Å². The van der Waals surface area contributed by atoms with E-state index >= 15 is 0 Å². The Labute approximate surface area is 235 Å². The van der Waals surface area contributed by atoms with E-state index in [9.17, 15) is 34.5 Å². The van der Waals surface area contributed by atoms with Crippen LogP contribution in [0.3, 0.4) is 0 Å². The van der Waals surface area contributed by atoms with Crippen LogP contribution in [0.2, 0.25) is 0 Å². The smallest absolute Gasteiger partial charge is 0.167 e. The predicted octanol–water partition coefficient (Wildman–Crippen LogP) is 3.56. The Morgan fingerprint density at radius 3 is 2.30 bits per heavy atom. The Morgan fingerprint density at radius 1 is 1.07 bits per heavy atom. The Hall–Kier alpha value is -3.56. The van der Waals surface area contributed by atoms with Crippen LogP contribution in [0.15, 0.2) is 30.3 Å². The summed E-state index contributed by atoms with van der Waals surface area (Å²) in [5, 5.41) is 34.0. The molecule has 0 amide bonds. The van der Waals surface area contributed by atoms with Crippen molar-refractivity contribution in [3.63, 3.8) is 0 Å². The zero-order valence-corrected chi connectivity index (χ0v) is 23.7. The van der Waals surface area contributed by atoms with Crippen molar-refractivity contribution in [1.29, 1.82) is 0 Å². The second kappa shape index (κ2) is 13.7. The number of benzene rings is 2. The van der Waals surface area contributed by atoms with Crippen LogP contribution in [0, 0.1) is 17.8 Å². The van der Waals surface area contributed by atoms with E-state index in [2.05, 4.69) is 5.32 Å². The van der Waals surface area contributed by atoms with Gasteiger partial charge in [-0.25, -0.2) is 0 Å². The molecule has 3 atom stereocenters. The van der Waals surface area contributed by atoms with Gasteiger partial charge >= 0.3 is 0 Å². The minimum atomic E-state index is -0.787. The number of aliphatic hydroxyl groups excluding tert-OH is 2. The fourth-order valence-electron chi connectivity index (χ4n) is 5.65. The fourth-order valence-corrected chi connectivity index (χ4v) is 5.65. The quantitative estimate of drug-likeness (QED) is 0.157. The molecule has 0 saturated carbocycles. The number of aromatic hydroxyl groups is 1. The lowest BCUT2D eigenvalue weighted by molar-refractivity contribution is -0.131. The molecule has 0 fully saturated rings. The number of hydrogen-bond donors (Lipinski definition) is 4. The van der Waals surface area contributed by atoms with Gasteiger partial charge in [0.25, 0.3) is 0 Å². The number of nitrogens with one attached hydrogen (secondary N) is 1. The van der Waals surface area contributed by atoms with E-state index in [1.165, 1.54) is 13.8 Å². The average Bonchev–Trinajstić information content (AvgIpc) is 2.88. The van der Waals surface area contributed by atoms with E-state index in [0.717, 1.165) is 16.8 Å². The molecule has 9 heteroatoms. The molecular weight excluding hydrogens is 512 g/mol. The van der Waals surface area contributed by atoms with E-state index in [1.807, 2.05) is 37.2 Å². The van der Waals surface area contributed by atoms with E-state index in [0.29, 0.717) is 30.6 Å². The molecule has 2 aromatic carbocycles. The lowest BCUT2D eigenvalue weighted by atomic mass is 9.73. The summed E-state index contributed by atoms with van der Waals surface area (Å²) in [7, 11) is 3.73. The Bertz CT molecular complexity index is 1250. The monoisotopic (exact) mass is 552 g/mol. The molecule has 1 aliphatic rings. The van der Waals surface area contributed by atoms with Crippen molar-refractivity contribution in [2.24, 2.45) is 17.8 Å². The van der Waals surface area contributed by atoms with Crippen LogP contribution in [-0.2, 0) is 22.6 Å². The molecule has 0 saturated heterocycles. The number of anilines is 2. The maximum absolute atomic E-state index is 13.4. The summed E-state index contributed by atoms with van der Waals surface area (Å²) in [4.78, 5) is 51.0. The van der Waals surface area contributed by atoms with Crippen LogP contribution >= 0.6 is 0 Å². The van der Waals surface area contributed by atoms with E-state index in [-0.39, 0.29) is 72.2 Å². The summed E-state index contributed by atoms with van der Waals surface area (Å²) in [6, 6.07) is 8.99. The SMILES string of the molecule is CC(=O)CC(=O)C(CO)C(CCO)CC1CC(=O)c2c(O)c(NCc3ccc(C(C)=O)cc3)cc(N(C)C)c2C1. The zero-order valence-electron chi connectivity index (χ0n) is 23.7. The molecule has 0 radical (unpaired) electrons. The Balaban J connectivity index is 1.86. The van der Waals surface area contributed by atoms with Crippen molar-refractivity contribution >= 4 is 34.5 Å². The van der Waals surface area contributed by atoms with Crippen molar-refractivity contribution in [3.8, 4) is 5.75 Å². The number of ketones is 4. The number of phenols is 1. The van der Waals surface area contributed by atoms with Crippen LogP contribution < -0.4 is 10.2 Å². The van der Waals surface area contributed by atoms with Gasteiger partial charge in [0.05, 0.1) is 24.3 Å². The second-order valence-electron chi connectivity index (χ2n) is 11.0. The van der Waals surface area contributed by atoms with Gasteiger partial charge in [0, 0.05) is 50.8 Å². The topological polar surface area (TPSA) is 144 Å². The lowest BCUT2D eigenvalue weighted by Crippen LogP contribution is -2.33. The molecule has 4 N–H and O–H groups in total. The Kier molecular flexibility index (Phi) is 10.6. The largest absolute Gasteiger partial charge is 0.505 e. The Morgan fingerprint density at radius 2 is 1.75 bits per heavy atom. The average molecular weight is 553 g/mol. The number of Topliss-reactive ketones (excluding diaryl/α,β-unsaturated/α-hetero) is 4. The van der Waals surface area contributed by atoms with Gasteiger partial charge in [0.1, 0.15) is 17.3 Å². The number of rotatable bonds is 14. The third-order valence-electron chi connectivity index (χ3n) is 7.69. The van der Waals surface area contributed by atoms with Crippen molar-refractivity contribution < 1.29 is 34.5 Å². The molecule has 0 heterocycles. The first kappa shape index (κ1) is 31.0. The molecule has 3 rings (SSSR count). The van der Waals surface area contributed by atoms with Gasteiger partial charge in [-0.2, -0.15) is 0 Å². The molecule has 9 nitrogen and oxygen atoms in total. The van der Waals surface area contributed by atoms with Crippen LogP contribution in [0.5, 0.6) is 5.75 Å². The molecule has 216 valence electrons. The molecule has 2 aromatic rings. The van der Waals surface area contributed by atoms with Crippen LogP contribution in [0.1, 0.15) is 71.4 Å². The number of fused-ring (bicyclic) bond motifs is 1. The first-order valence-corrected chi connectivity index (χ1v) is 13.6. The van der Waals surface area contributed by atoms with Gasteiger partial charge in [-0.15, -0.1) is 0 Å². The highest BCUT2D eigenvalue weighted by molar-refractivity contribution is 6.04. The maximum atomic E-state index is 13.4. The fraction of sp³-hybridized carbons (Fsp3) is 0.484. The standard InChI is InChI=1S/C31H40N2O7/c1-18(36)11-28(38)25(17-35)23(9-10-34)12-21-13-24-27(33(3)4)15-26(31(40)30(24)29(39)14-21)32-16-20-5-7-22(8-6-20)19(2)37/h5-8,15,21,23,25,32,34-35,40H,9-14,16-17H2,1-4H3. The van der Waals surface area contributed by atoms with Crippen molar-refractivity contribution in [2.45, 2.75) is 52.5 Å². The second-order valence-corrected chi connectivity index (χ2v) is 11.0. The van der Waals surface area contributed by atoms with Gasteiger partial charge in [0.15, 0.2) is 11.6 Å². The van der Waals surface area contributed by atoms with Gasteiger partial charge in [-0.05, 0) is 62.1 Å². The summed E-state index contributed by atoms with van der Waals surface area (Å²) in [5.41, 5.74) is 3.74. The van der Waals surface area contributed by atoms with Gasteiger partial charge in [0.2, 0.25) is 0 Å². The highest BCUT2D eigenvalue weighted by Crippen LogP contribution is 2.44. The van der Waals surface area contributed by atoms with Gasteiger partial charge in [-0.3, -0.25) is 19.2 Å². The third-order valence-corrected chi connectivity index (χ3v) is 7.69. The molecule has 0 bridgehead atoms. The lowest BCUT2D eigenvalue weighted by Gasteiger charge is -2.33. The first-order valence-electron chi connectivity index (χ1n) is 13.6. The molecule has 0 spiro atoms. The summed E-state index contributed by atoms with van der Waals surface area (Å²) in [5.74, 6) is -2.30. The van der Waals surface area contributed by atoms with Crippen molar-refractivity contribution in [1.82, 2.24) is 0 Å². The van der Waals surface area contributed by atoms with E-state index in [1.54, 1.807) is 12.1 Å². The summed E-state index contributed by atoms with van der Waals surface area (Å²) in [6.45, 7) is 2.61. The molecular formula is C31H40N2O7. The number of carbonyl (C=O) groups excluding carboxylic acids is 4. The number of hydrogen-bond acceptors (Lipinski definition) is 9. The van der Waals surface area contributed by atoms with Crippen LogP contribution in [-0.4, -0.2) is 65.8 Å². The molecule has 3 unspecified atom stereocenters. The van der Waals surface area contributed by atoms with Crippen molar-refractivity contribution in [3.05, 3.63) is 52.6 Å². The van der Waals surface area contributed by atoms with Gasteiger partial charge < -0.3 is 25.5 Å². The maximum Gasteiger partial charge on any atom is 0.167 e. The first-order chi connectivity index (χ1) is 19.0. The summed E-state index contributed by atoms with van der Waals surface area (Å²) < 4.78 is 0. The van der Waals surface area contributed by atoms with Crippen LogP contribution in [0.4, 0.5) is 11.4 Å². The number of phenolic OH excluding ortho intramolecular Hbond substituents is 1. The minimum Gasteiger partial charge on any atom is -0.505 e. The molecule has 40 heavy (non-hydrogen) atoms. The normalized spacial score (nSPS) is 16.1. The molecule has 0 aromatic heterocycles. The molecule has 1 aliphatic carbocycles. The highest BCUT2D eigenvalue weighted by Gasteiger charge is 2.36. The van der Waals surface area contributed by atoms with Gasteiger partial charge in [-0.1, -0.05) is 24.3 Å². The number of nitrogens with zero attached hydrogens (tertiary/aromatic N) is 1. The van der Waals surface area contributed by atoms with Crippen LogP contribution in [0.25, 0.3) is 0 Å². The molecule has 0 aliphatic heterocycles. The number of aliphatic hydroxyl groups is 2. The minimum absolute atomic E-state index is 0.0171. The number of carbonyl (C=O) groups is 4. The third kappa shape index (κ3) is 7.34. The predicted molar refractivity (Wildman–Crippen MR) is 153 cm³/mol.